The predicted octanol–water partition coefficient (Wildman–Crippen LogP) is 25.5. The Kier molecular flexibility index (Phi) is 69.8. The molecule has 0 rings (SSSR count). The van der Waals surface area contributed by atoms with Gasteiger partial charge in [0.1, 0.15) is 13.2 Å². The Hall–Kier alpha value is -3.62. The highest BCUT2D eigenvalue weighted by Crippen LogP contribution is 2.43. The fourth-order valence-corrected chi connectivity index (χ4v) is 11.6. The van der Waals surface area contributed by atoms with Crippen LogP contribution in [0.1, 0.15) is 328 Å². The SMILES string of the molecule is CC/C=C\C/C=C\C/C=C\C/C=C\C/C=C\C/C=C\C/C=C\C/C=C\C/C=C\C/C=C\C/C=C\CCCCCCCCCC(=O)NC(COP(=O)(O)OCC[N+](C)(C)C)C(O)/C=C/CCCCCCCCCCCCCCCCCCCCCCCCCCCCCC. The quantitative estimate of drug-likeness (QED) is 0.0243. The van der Waals surface area contributed by atoms with Crippen molar-refractivity contribution in [3.8, 4) is 0 Å². The van der Waals surface area contributed by atoms with Crippen LogP contribution in [0, 0.1) is 0 Å². The first kappa shape index (κ1) is 89.4. The molecule has 3 atom stereocenters. The van der Waals surface area contributed by atoms with Gasteiger partial charge in [-0.1, -0.05) is 365 Å². The largest absolute Gasteiger partial charge is 0.472 e. The van der Waals surface area contributed by atoms with Gasteiger partial charge in [0, 0.05) is 6.42 Å². The third kappa shape index (κ3) is 75.6. The van der Waals surface area contributed by atoms with Crippen molar-refractivity contribution in [2.45, 2.75) is 341 Å². The summed E-state index contributed by atoms with van der Waals surface area (Å²) in [6.45, 7) is 4.72. The average molecular weight is 1310 g/mol. The van der Waals surface area contributed by atoms with E-state index < -0.39 is 20.0 Å². The topological polar surface area (TPSA) is 105 Å². The number of nitrogens with one attached hydrogen (secondary N) is 1. The summed E-state index contributed by atoms with van der Waals surface area (Å²) in [5.41, 5.74) is 0. The van der Waals surface area contributed by atoms with Gasteiger partial charge in [0.2, 0.25) is 5.91 Å². The fraction of sp³-hybridized carbons (Fsp3) is 0.702. The van der Waals surface area contributed by atoms with Gasteiger partial charge in [-0.05, 0) is 103 Å². The maximum absolute atomic E-state index is 13.1. The summed E-state index contributed by atoms with van der Waals surface area (Å²) < 4.78 is 23.9. The molecule has 0 saturated heterocycles. The molecule has 0 heterocycles. The molecule has 0 saturated carbocycles. The molecular weight excluding hydrogens is 1160 g/mol. The minimum atomic E-state index is -4.37. The zero-order valence-electron chi connectivity index (χ0n) is 61.2. The standard InChI is InChI=1S/C84H147N2O6P/c1-6-8-10-12-14-16-18-20-22-24-26-28-30-32-34-36-38-39-40-41-42-43-44-45-46-47-48-50-52-54-56-58-60-62-64-66-68-70-72-74-76-78-84(88)85-82(81-92-93(89,90)91-80-79-86(3,4)5)83(87)77-75-73-71-69-67-65-63-61-59-57-55-53-51-49-37-35-33-31-29-27-25-23-21-19-17-15-13-11-9-7-2/h8,10,14,16,20,22,26,28,32,34,38-39,41-42,44-45,47-48,52,54,58,60,75,77,82-83,87H,6-7,9,11-13,15,17-19,21,23-25,27,29-31,33,35-37,40,43,46,49-51,53,55-57,59,61-74,76,78-81H2,1-5H3,(H-,85,88,89,90)/p+1/b10-8-,16-14-,22-20-,28-26-,34-32-,39-38-,42-41-,45-44-,48-47-,54-52-,60-58-,77-75+. The molecule has 0 fully saturated rings. The van der Waals surface area contributed by atoms with Crippen LogP contribution >= 0.6 is 7.82 Å². The zero-order chi connectivity index (χ0) is 67.6. The van der Waals surface area contributed by atoms with E-state index >= 15 is 0 Å². The predicted molar refractivity (Wildman–Crippen MR) is 410 cm³/mol. The molecule has 8 nitrogen and oxygen atoms in total. The van der Waals surface area contributed by atoms with E-state index in [1.54, 1.807) is 6.08 Å². The third-order valence-electron chi connectivity index (χ3n) is 16.8. The summed E-state index contributed by atoms with van der Waals surface area (Å²) >= 11 is 0. The highest BCUT2D eigenvalue weighted by atomic mass is 31.2. The lowest BCUT2D eigenvalue weighted by molar-refractivity contribution is -0.870. The molecule has 0 aliphatic heterocycles. The Morgan fingerprint density at radius 2 is 0.645 bits per heavy atom. The van der Waals surface area contributed by atoms with E-state index in [0.717, 1.165) is 122 Å². The third-order valence-corrected chi connectivity index (χ3v) is 17.8. The van der Waals surface area contributed by atoms with Gasteiger partial charge >= 0.3 is 7.82 Å². The van der Waals surface area contributed by atoms with E-state index in [9.17, 15) is 19.4 Å². The summed E-state index contributed by atoms with van der Waals surface area (Å²) in [5.74, 6) is -0.190. The molecule has 534 valence electrons. The molecule has 0 aromatic heterocycles. The number of carbonyl (C=O) groups excluding carboxylic acids is 1. The second-order valence-electron chi connectivity index (χ2n) is 27.0. The maximum atomic E-state index is 13.1. The lowest BCUT2D eigenvalue weighted by atomic mass is 10.0. The first-order valence-electron chi connectivity index (χ1n) is 38.7. The number of allylic oxidation sites excluding steroid dienone is 23. The number of unbranched alkanes of at least 4 members (excludes halogenated alkanes) is 35. The Bertz CT molecular complexity index is 2030. The van der Waals surface area contributed by atoms with Crippen molar-refractivity contribution in [1.82, 2.24) is 5.32 Å². The number of phosphoric ester groups is 1. The van der Waals surface area contributed by atoms with Crippen molar-refractivity contribution in [3.05, 3.63) is 146 Å². The van der Waals surface area contributed by atoms with Crippen molar-refractivity contribution in [2.75, 3.05) is 40.9 Å². The number of aliphatic hydroxyl groups is 1. The molecule has 0 aromatic rings. The van der Waals surface area contributed by atoms with Gasteiger partial charge in [-0.2, -0.15) is 0 Å². The van der Waals surface area contributed by atoms with Crippen molar-refractivity contribution >= 4 is 13.7 Å². The van der Waals surface area contributed by atoms with Crippen molar-refractivity contribution in [2.24, 2.45) is 0 Å². The van der Waals surface area contributed by atoms with Gasteiger partial charge in [-0.3, -0.25) is 13.8 Å². The lowest BCUT2D eigenvalue weighted by Crippen LogP contribution is -2.45. The van der Waals surface area contributed by atoms with Gasteiger partial charge in [0.25, 0.3) is 0 Å². The summed E-state index contributed by atoms with van der Waals surface area (Å²) in [6.07, 6.45) is 112. The van der Waals surface area contributed by atoms with Crippen molar-refractivity contribution in [1.29, 1.82) is 0 Å². The smallest absolute Gasteiger partial charge is 0.387 e. The van der Waals surface area contributed by atoms with Crippen LogP contribution in [0.2, 0.25) is 0 Å². The average Bonchev–Trinajstić information content (AvgIpc) is 2.75. The Morgan fingerprint density at radius 1 is 0.376 bits per heavy atom. The van der Waals surface area contributed by atoms with Gasteiger partial charge < -0.3 is 19.8 Å². The molecule has 9 heteroatoms. The molecule has 0 spiro atoms. The van der Waals surface area contributed by atoms with Crippen LogP contribution in [0.3, 0.4) is 0 Å². The number of quaternary nitrogens is 1. The number of nitrogens with zero attached hydrogens (tertiary/aromatic N) is 1. The number of phosphoric acid groups is 1. The summed E-state index contributed by atoms with van der Waals surface area (Å²) in [7, 11) is 1.55. The van der Waals surface area contributed by atoms with E-state index in [4.69, 9.17) is 9.05 Å². The molecule has 0 aliphatic carbocycles. The molecule has 0 bridgehead atoms. The number of likely N-dealkylation sites (N-methyl/N-ethyl adjacent to an activating group) is 1. The highest BCUT2D eigenvalue weighted by Gasteiger charge is 2.28. The summed E-state index contributed by atoms with van der Waals surface area (Å²) in [6, 6.07) is -0.865. The molecule has 1 amide bonds. The van der Waals surface area contributed by atoms with E-state index in [1.807, 2.05) is 27.2 Å². The first-order valence-corrected chi connectivity index (χ1v) is 40.2. The summed E-state index contributed by atoms with van der Waals surface area (Å²) in [5, 5.41) is 14.0. The Morgan fingerprint density at radius 3 is 0.946 bits per heavy atom. The van der Waals surface area contributed by atoms with Crippen LogP contribution in [-0.4, -0.2) is 73.4 Å². The molecule has 3 N–H and O–H groups in total. The van der Waals surface area contributed by atoms with Gasteiger partial charge in [-0.15, -0.1) is 0 Å². The van der Waals surface area contributed by atoms with E-state index in [1.165, 1.54) is 186 Å². The molecule has 0 radical (unpaired) electrons. The number of amides is 1. The molecule has 93 heavy (non-hydrogen) atoms. The molecular formula is C84H148N2O6P+. The van der Waals surface area contributed by atoms with Crippen molar-refractivity contribution in [3.63, 3.8) is 0 Å². The normalized spacial score (nSPS) is 14.4. The van der Waals surface area contributed by atoms with Gasteiger partial charge in [0.15, 0.2) is 0 Å². The first-order chi connectivity index (χ1) is 45.5. The molecule has 0 aliphatic rings. The Labute approximate surface area is 576 Å². The molecule has 3 unspecified atom stereocenters. The fourth-order valence-electron chi connectivity index (χ4n) is 10.9. The number of aliphatic hydroxyl groups excluding tert-OH is 1. The van der Waals surface area contributed by atoms with Crippen LogP contribution < -0.4 is 5.32 Å². The number of hydrogen-bond acceptors (Lipinski definition) is 5. The van der Waals surface area contributed by atoms with E-state index in [0.29, 0.717) is 17.4 Å². The number of hydrogen-bond donors (Lipinski definition) is 3. The van der Waals surface area contributed by atoms with Crippen LogP contribution in [0.15, 0.2) is 146 Å². The monoisotopic (exact) mass is 1310 g/mol. The number of carbonyl (C=O) groups is 1. The zero-order valence-corrected chi connectivity index (χ0v) is 62.1. The van der Waals surface area contributed by atoms with E-state index in [2.05, 4.69) is 153 Å². The van der Waals surface area contributed by atoms with Crippen molar-refractivity contribution < 1.29 is 32.9 Å². The van der Waals surface area contributed by atoms with Crippen LogP contribution in [-0.2, 0) is 18.4 Å². The van der Waals surface area contributed by atoms with Crippen LogP contribution in [0.25, 0.3) is 0 Å². The minimum Gasteiger partial charge on any atom is -0.387 e. The van der Waals surface area contributed by atoms with Crippen LogP contribution in [0.4, 0.5) is 0 Å². The Balaban J connectivity index is 4.12. The maximum Gasteiger partial charge on any atom is 0.472 e. The van der Waals surface area contributed by atoms with E-state index in [-0.39, 0.29) is 19.1 Å². The summed E-state index contributed by atoms with van der Waals surface area (Å²) in [4.78, 5) is 23.5. The highest BCUT2D eigenvalue weighted by molar-refractivity contribution is 7.47. The van der Waals surface area contributed by atoms with Crippen LogP contribution in [0.5, 0.6) is 0 Å². The number of rotatable bonds is 70. The van der Waals surface area contributed by atoms with Gasteiger partial charge in [-0.25, -0.2) is 4.57 Å². The minimum absolute atomic E-state index is 0.0528. The lowest BCUT2D eigenvalue weighted by Gasteiger charge is -2.25. The second kappa shape index (κ2) is 72.6. The second-order valence-corrected chi connectivity index (χ2v) is 28.5. The molecule has 0 aromatic carbocycles. The van der Waals surface area contributed by atoms with Gasteiger partial charge in [0.05, 0.1) is 39.9 Å².